The van der Waals surface area contributed by atoms with Gasteiger partial charge in [0.1, 0.15) is 5.82 Å². The molecule has 0 unspecified atom stereocenters. The van der Waals surface area contributed by atoms with Crippen LogP contribution in [0.15, 0.2) is 47.4 Å². The van der Waals surface area contributed by atoms with Gasteiger partial charge in [-0.25, -0.2) is 13.4 Å². The van der Waals surface area contributed by atoms with Crippen LogP contribution in [-0.4, -0.2) is 23.6 Å². The van der Waals surface area contributed by atoms with Crippen LogP contribution in [0.1, 0.15) is 13.8 Å². The molecular formula is C17H15Cl2N3O2S. The van der Waals surface area contributed by atoms with Gasteiger partial charge in [0.05, 0.1) is 21.3 Å². The SMILES string of the molecule is CC(C)S(=O)(=O)c1ccc(Cl)cc1Nc1nc(Cl)nc2ccccc12. The van der Waals surface area contributed by atoms with E-state index in [4.69, 9.17) is 23.2 Å². The summed E-state index contributed by atoms with van der Waals surface area (Å²) < 4.78 is 25.3. The van der Waals surface area contributed by atoms with Crippen LogP contribution in [0.25, 0.3) is 10.9 Å². The van der Waals surface area contributed by atoms with Crippen LogP contribution < -0.4 is 5.32 Å². The first kappa shape index (κ1) is 17.9. The van der Waals surface area contributed by atoms with Crippen LogP contribution in [0.5, 0.6) is 0 Å². The number of sulfone groups is 1. The van der Waals surface area contributed by atoms with Crippen molar-refractivity contribution in [2.24, 2.45) is 0 Å². The van der Waals surface area contributed by atoms with E-state index in [0.29, 0.717) is 22.0 Å². The molecule has 0 saturated heterocycles. The van der Waals surface area contributed by atoms with Gasteiger partial charge in [-0.3, -0.25) is 0 Å². The molecule has 0 aliphatic rings. The molecule has 2 aromatic carbocycles. The molecule has 130 valence electrons. The van der Waals surface area contributed by atoms with Crippen LogP contribution in [0, 0.1) is 0 Å². The second-order valence-electron chi connectivity index (χ2n) is 5.72. The van der Waals surface area contributed by atoms with E-state index in [1.807, 2.05) is 18.2 Å². The summed E-state index contributed by atoms with van der Waals surface area (Å²) in [4.78, 5) is 8.52. The Bertz CT molecular complexity index is 1050. The average molecular weight is 396 g/mol. The summed E-state index contributed by atoms with van der Waals surface area (Å²) in [6.45, 7) is 3.26. The Morgan fingerprint density at radius 2 is 1.76 bits per heavy atom. The zero-order chi connectivity index (χ0) is 18.2. The smallest absolute Gasteiger partial charge is 0.224 e. The van der Waals surface area contributed by atoms with Gasteiger partial charge in [0, 0.05) is 10.4 Å². The number of hydrogen-bond acceptors (Lipinski definition) is 5. The normalized spacial score (nSPS) is 11.9. The van der Waals surface area contributed by atoms with Gasteiger partial charge in [0.2, 0.25) is 5.28 Å². The Morgan fingerprint density at radius 3 is 2.48 bits per heavy atom. The molecule has 0 aliphatic heterocycles. The third-order valence-corrected chi connectivity index (χ3v) is 6.31. The lowest BCUT2D eigenvalue weighted by atomic mass is 10.2. The van der Waals surface area contributed by atoms with Crippen molar-refractivity contribution in [3.8, 4) is 0 Å². The monoisotopic (exact) mass is 395 g/mol. The summed E-state index contributed by atoms with van der Waals surface area (Å²) in [6.07, 6.45) is 0. The predicted molar refractivity (Wildman–Crippen MR) is 102 cm³/mol. The quantitative estimate of drug-likeness (QED) is 0.638. The van der Waals surface area contributed by atoms with Gasteiger partial charge >= 0.3 is 0 Å². The average Bonchev–Trinajstić information content (AvgIpc) is 2.54. The van der Waals surface area contributed by atoms with Gasteiger partial charge in [0.25, 0.3) is 0 Å². The van der Waals surface area contributed by atoms with Gasteiger partial charge in [-0.1, -0.05) is 23.7 Å². The molecule has 0 fully saturated rings. The Morgan fingerprint density at radius 1 is 1.04 bits per heavy atom. The summed E-state index contributed by atoms with van der Waals surface area (Å²) in [5.41, 5.74) is 1.00. The van der Waals surface area contributed by atoms with E-state index >= 15 is 0 Å². The van der Waals surface area contributed by atoms with Crippen molar-refractivity contribution in [3.63, 3.8) is 0 Å². The van der Waals surface area contributed by atoms with Gasteiger partial charge in [-0.15, -0.1) is 0 Å². The number of rotatable bonds is 4. The highest BCUT2D eigenvalue weighted by atomic mass is 35.5. The molecule has 0 spiro atoms. The highest BCUT2D eigenvalue weighted by Gasteiger charge is 2.23. The lowest BCUT2D eigenvalue weighted by molar-refractivity contribution is 0.588. The highest BCUT2D eigenvalue weighted by molar-refractivity contribution is 7.92. The topological polar surface area (TPSA) is 72.0 Å². The summed E-state index contributed by atoms with van der Waals surface area (Å²) in [5.74, 6) is 0.415. The van der Waals surface area contributed by atoms with Crippen LogP contribution in [0.3, 0.4) is 0 Å². The molecule has 1 heterocycles. The number of benzene rings is 2. The molecule has 1 aromatic heterocycles. The Hall–Kier alpha value is -1.89. The maximum absolute atomic E-state index is 12.6. The molecule has 0 bridgehead atoms. The standard InChI is InChI=1S/C17H15Cl2N3O2S/c1-10(2)25(23,24)15-8-7-11(18)9-14(15)20-16-12-5-3-4-6-13(12)21-17(19)22-16/h3-10H,1-2H3,(H,20,21,22). The number of para-hydroxylation sites is 1. The molecular weight excluding hydrogens is 381 g/mol. The third kappa shape index (κ3) is 3.56. The minimum Gasteiger partial charge on any atom is -0.338 e. The number of hydrogen-bond donors (Lipinski definition) is 1. The summed E-state index contributed by atoms with van der Waals surface area (Å²) in [7, 11) is -3.51. The van der Waals surface area contributed by atoms with Crippen molar-refractivity contribution in [1.82, 2.24) is 9.97 Å². The zero-order valence-corrected chi connectivity index (χ0v) is 15.8. The fourth-order valence-electron chi connectivity index (χ4n) is 2.37. The lowest BCUT2D eigenvalue weighted by Gasteiger charge is -2.15. The van der Waals surface area contributed by atoms with Crippen molar-refractivity contribution in [3.05, 3.63) is 52.8 Å². The summed E-state index contributed by atoms with van der Waals surface area (Å²) in [5, 5.41) is 3.69. The van der Waals surface area contributed by atoms with E-state index in [0.717, 1.165) is 5.39 Å². The van der Waals surface area contributed by atoms with Crippen LogP contribution in [0.4, 0.5) is 11.5 Å². The molecule has 25 heavy (non-hydrogen) atoms. The third-order valence-electron chi connectivity index (χ3n) is 3.70. The van der Waals surface area contributed by atoms with E-state index in [2.05, 4.69) is 15.3 Å². The van der Waals surface area contributed by atoms with E-state index in [1.165, 1.54) is 6.07 Å². The van der Waals surface area contributed by atoms with Crippen LogP contribution in [-0.2, 0) is 9.84 Å². The molecule has 3 aromatic rings. The molecule has 0 radical (unpaired) electrons. The van der Waals surface area contributed by atoms with E-state index in [1.54, 1.807) is 32.0 Å². The first-order chi connectivity index (χ1) is 11.8. The maximum atomic E-state index is 12.6. The maximum Gasteiger partial charge on any atom is 0.224 e. The first-order valence-electron chi connectivity index (χ1n) is 7.52. The van der Waals surface area contributed by atoms with Crippen molar-refractivity contribution in [2.45, 2.75) is 24.0 Å². The number of fused-ring (bicyclic) bond motifs is 1. The molecule has 0 saturated carbocycles. The minimum atomic E-state index is -3.51. The zero-order valence-electron chi connectivity index (χ0n) is 13.5. The van der Waals surface area contributed by atoms with E-state index in [9.17, 15) is 8.42 Å². The predicted octanol–water partition coefficient (Wildman–Crippen LogP) is 4.86. The number of halogens is 2. The molecule has 0 atom stereocenters. The van der Waals surface area contributed by atoms with Gasteiger partial charge in [-0.2, -0.15) is 4.98 Å². The molecule has 5 nitrogen and oxygen atoms in total. The summed E-state index contributed by atoms with van der Waals surface area (Å²) in [6, 6.07) is 11.9. The molecule has 0 aliphatic carbocycles. The summed E-state index contributed by atoms with van der Waals surface area (Å²) >= 11 is 12.1. The molecule has 8 heteroatoms. The highest BCUT2D eigenvalue weighted by Crippen LogP contribution is 2.32. The largest absolute Gasteiger partial charge is 0.338 e. The Labute approximate surface area is 155 Å². The van der Waals surface area contributed by atoms with Crippen molar-refractivity contribution in [1.29, 1.82) is 0 Å². The molecule has 0 amide bonds. The Balaban J connectivity index is 2.18. The van der Waals surface area contributed by atoms with E-state index < -0.39 is 15.1 Å². The van der Waals surface area contributed by atoms with Gasteiger partial charge in [0.15, 0.2) is 9.84 Å². The van der Waals surface area contributed by atoms with E-state index in [-0.39, 0.29) is 10.2 Å². The fourth-order valence-corrected chi connectivity index (χ4v) is 3.90. The first-order valence-corrected chi connectivity index (χ1v) is 9.82. The van der Waals surface area contributed by atoms with Crippen molar-refractivity contribution in [2.75, 3.05) is 5.32 Å². The number of nitrogens with one attached hydrogen (secondary N) is 1. The van der Waals surface area contributed by atoms with Crippen molar-refractivity contribution >= 4 is 55.4 Å². The second kappa shape index (κ2) is 6.78. The van der Waals surface area contributed by atoms with Gasteiger partial charge < -0.3 is 5.32 Å². The lowest BCUT2D eigenvalue weighted by Crippen LogP contribution is -2.15. The van der Waals surface area contributed by atoms with Gasteiger partial charge in [-0.05, 0) is 55.8 Å². The molecule has 1 N–H and O–H groups in total. The minimum absolute atomic E-state index is 0.0662. The van der Waals surface area contributed by atoms with Crippen LogP contribution in [0.2, 0.25) is 10.3 Å². The number of anilines is 2. The second-order valence-corrected chi connectivity index (χ2v) is 8.96. The number of nitrogens with zero attached hydrogens (tertiary/aromatic N) is 2. The van der Waals surface area contributed by atoms with Crippen LogP contribution >= 0.6 is 23.2 Å². The molecule has 3 rings (SSSR count). The Kier molecular flexibility index (Phi) is 4.86. The van der Waals surface area contributed by atoms with Crippen molar-refractivity contribution < 1.29 is 8.42 Å². The number of aromatic nitrogens is 2. The fraction of sp³-hybridized carbons (Fsp3) is 0.176.